The molecule has 0 saturated heterocycles. The fraction of sp³-hybridized carbons (Fsp3) is 0.235. The van der Waals surface area contributed by atoms with Crippen LogP contribution in [0.2, 0.25) is 0 Å². The second-order valence-corrected chi connectivity index (χ2v) is 10.9. The molecule has 10 heteroatoms. The fourth-order valence-electron chi connectivity index (χ4n) is 2.27. The van der Waals surface area contributed by atoms with Gasteiger partial charge in [0.05, 0.1) is 15.0 Å². The zero-order valence-corrected chi connectivity index (χ0v) is 16.9. The van der Waals surface area contributed by atoms with Crippen LogP contribution in [0.25, 0.3) is 10.8 Å². The standard InChI is InChI=1S/C17H16FNO5S3/c1-3-11(2)26(20,21)17-16(19-15(24-17)14-5-4-10-25-14)27(22,23)13-8-6-12(18)7-9-13/h4-11H,3H2,1-2H3. The van der Waals surface area contributed by atoms with Gasteiger partial charge in [-0.1, -0.05) is 13.0 Å². The van der Waals surface area contributed by atoms with Crippen molar-refractivity contribution in [3.8, 4) is 10.8 Å². The Hall–Kier alpha value is -2.04. The molecular formula is C17H16FNO5S3. The van der Waals surface area contributed by atoms with Gasteiger partial charge < -0.3 is 4.42 Å². The fourth-order valence-corrected chi connectivity index (χ4v) is 6.07. The van der Waals surface area contributed by atoms with E-state index in [0.29, 0.717) is 4.88 Å². The predicted octanol–water partition coefficient (Wildman–Crippen LogP) is 3.95. The molecular weight excluding hydrogens is 413 g/mol. The third-order valence-corrected chi connectivity index (χ3v) is 8.89. The largest absolute Gasteiger partial charge is 0.422 e. The molecule has 0 radical (unpaired) electrons. The summed E-state index contributed by atoms with van der Waals surface area (Å²) in [5.74, 6) is -0.701. The van der Waals surface area contributed by atoms with Crippen molar-refractivity contribution in [1.82, 2.24) is 4.98 Å². The number of hydrogen-bond donors (Lipinski definition) is 0. The Kier molecular flexibility index (Phi) is 5.24. The van der Waals surface area contributed by atoms with Gasteiger partial charge in [0.25, 0.3) is 5.09 Å². The number of aromatic nitrogens is 1. The van der Waals surface area contributed by atoms with Gasteiger partial charge in [-0.25, -0.2) is 21.2 Å². The van der Waals surface area contributed by atoms with Crippen molar-refractivity contribution in [3.05, 3.63) is 47.6 Å². The molecule has 144 valence electrons. The Morgan fingerprint density at radius 2 is 1.81 bits per heavy atom. The molecule has 0 spiro atoms. The van der Waals surface area contributed by atoms with Gasteiger partial charge in [0.1, 0.15) is 5.82 Å². The average Bonchev–Trinajstić information content (AvgIpc) is 3.31. The smallest absolute Gasteiger partial charge is 0.258 e. The highest BCUT2D eigenvalue weighted by atomic mass is 32.2. The molecule has 6 nitrogen and oxygen atoms in total. The van der Waals surface area contributed by atoms with E-state index in [1.165, 1.54) is 18.3 Å². The molecule has 3 rings (SSSR count). The highest BCUT2D eigenvalue weighted by molar-refractivity contribution is 7.94. The summed E-state index contributed by atoms with van der Waals surface area (Å²) in [7, 11) is -8.39. The van der Waals surface area contributed by atoms with Gasteiger partial charge in [-0.2, -0.15) is 4.98 Å². The number of thiophene rings is 1. The molecule has 0 saturated carbocycles. The second kappa shape index (κ2) is 7.17. The van der Waals surface area contributed by atoms with Crippen LogP contribution in [0, 0.1) is 5.82 Å². The molecule has 0 aliphatic carbocycles. The predicted molar refractivity (Wildman–Crippen MR) is 98.6 cm³/mol. The molecule has 0 N–H and O–H groups in total. The quantitative estimate of drug-likeness (QED) is 0.551. The summed E-state index contributed by atoms with van der Waals surface area (Å²) in [6.45, 7) is 3.14. The van der Waals surface area contributed by atoms with Crippen LogP contribution in [0.5, 0.6) is 0 Å². The number of benzene rings is 1. The maximum Gasteiger partial charge on any atom is 0.258 e. The molecule has 1 aromatic carbocycles. The van der Waals surface area contributed by atoms with Gasteiger partial charge in [-0.3, -0.25) is 0 Å². The van der Waals surface area contributed by atoms with Crippen molar-refractivity contribution in [2.45, 2.75) is 40.5 Å². The maximum atomic E-state index is 13.2. The number of hydrogen-bond acceptors (Lipinski definition) is 7. The first-order valence-corrected chi connectivity index (χ1v) is 11.9. The number of nitrogens with zero attached hydrogens (tertiary/aromatic N) is 1. The summed E-state index contributed by atoms with van der Waals surface area (Å²) < 4.78 is 70.3. The Balaban J connectivity index is 2.26. The highest BCUT2D eigenvalue weighted by Gasteiger charge is 2.37. The molecule has 3 aromatic rings. The molecule has 0 aliphatic heterocycles. The normalized spacial score (nSPS) is 13.6. The number of oxazole rings is 1. The third-order valence-electron chi connectivity index (χ3n) is 4.04. The molecule has 2 aromatic heterocycles. The van der Waals surface area contributed by atoms with Crippen LogP contribution in [-0.2, 0) is 19.7 Å². The Bertz CT molecular complexity index is 1150. The number of rotatable bonds is 6. The first kappa shape index (κ1) is 19.7. The highest BCUT2D eigenvalue weighted by Crippen LogP contribution is 2.35. The van der Waals surface area contributed by atoms with Crippen LogP contribution in [0.15, 0.2) is 61.2 Å². The van der Waals surface area contributed by atoms with Crippen molar-refractivity contribution in [3.63, 3.8) is 0 Å². The van der Waals surface area contributed by atoms with Crippen molar-refractivity contribution in [2.75, 3.05) is 0 Å². The lowest BCUT2D eigenvalue weighted by molar-refractivity contribution is 0.441. The lowest BCUT2D eigenvalue weighted by Crippen LogP contribution is -2.19. The topological polar surface area (TPSA) is 94.3 Å². The van der Waals surface area contributed by atoms with Gasteiger partial charge >= 0.3 is 0 Å². The van der Waals surface area contributed by atoms with Gasteiger partial charge in [0, 0.05) is 0 Å². The van der Waals surface area contributed by atoms with Crippen molar-refractivity contribution < 1.29 is 25.6 Å². The van der Waals surface area contributed by atoms with Gasteiger partial charge in [0.2, 0.25) is 30.6 Å². The minimum absolute atomic E-state index is 0.0902. The molecule has 0 fully saturated rings. The zero-order valence-electron chi connectivity index (χ0n) is 14.4. The first-order valence-electron chi connectivity index (χ1n) is 7.97. The Morgan fingerprint density at radius 1 is 1.15 bits per heavy atom. The molecule has 0 amide bonds. The summed E-state index contributed by atoms with van der Waals surface area (Å²) in [6, 6.07) is 7.44. The van der Waals surface area contributed by atoms with Crippen LogP contribution in [0.4, 0.5) is 4.39 Å². The van der Waals surface area contributed by atoms with E-state index < -0.39 is 40.9 Å². The third kappa shape index (κ3) is 3.56. The molecule has 1 unspecified atom stereocenters. The average molecular weight is 430 g/mol. The van der Waals surface area contributed by atoms with Gasteiger partial charge in [0.15, 0.2) is 0 Å². The van der Waals surface area contributed by atoms with Crippen LogP contribution in [0.1, 0.15) is 20.3 Å². The van der Waals surface area contributed by atoms with Crippen LogP contribution in [0.3, 0.4) is 0 Å². The van der Waals surface area contributed by atoms with E-state index >= 15 is 0 Å². The van der Waals surface area contributed by atoms with E-state index in [4.69, 9.17) is 4.42 Å². The van der Waals surface area contributed by atoms with E-state index in [1.807, 2.05) is 0 Å². The lowest BCUT2D eigenvalue weighted by Gasteiger charge is -2.09. The van der Waals surface area contributed by atoms with E-state index in [1.54, 1.807) is 24.4 Å². The maximum absolute atomic E-state index is 13.2. The van der Waals surface area contributed by atoms with Crippen molar-refractivity contribution in [1.29, 1.82) is 0 Å². The van der Waals surface area contributed by atoms with Crippen LogP contribution in [-0.4, -0.2) is 27.1 Å². The van der Waals surface area contributed by atoms with Crippen molar-refractivity contribution in [2.24, 2.45) is 0 Å². The summed E-state index contributed by atoms with van der Waals surface area (Å²) in [5, 5.41) is -0.498. The summed E-state index contributed by atoms with van der Waals surface area (Å²) in [5.41, 5.74) is 0. The summed E-state index contributed by atoms with van der Waals surface area (Å²) in [6.07, 6.45) is 0.271. The van der Waals surface area contributed by atoms with E-state index in [-0.39, 0.29) is 17.2 Å². The molecule has 2 heterocycles. The minimum Gasteiger partial charge on any atom is -0.422 e. The number of halogens is 1. The van der Waals surface area contributed by atoms with E-state index in [0.717, 1.165) is 24.3 Å². The Labute approximate surface area is 160 Å². The minimum atomic E-state index is -4.33. The summed E-state index contributed by atoms with van der Waals surface area (Å²) in [4.78, 5) is 4.22. The van der Waals surface area contributed by atoms with Crippen molar-refractivity contribution >= 4 is 31.0 Å². The van der Waals surface area contributed by atoms with Gasteiger partial charge in [-0.15, -0.1) is 11.3 Å². The van der Waals surface area contributed by atoms with E-state index in [9.17, 15) is 21.2 Å². The summed E-state index contributed by atoms with van der Waals surface area (Å²) >= 11 is 1.24. The molecule has 1 atom stereocenters. The molecule has 0 bridgehead atoms. The molecule has 27 heavy (non-hydrogen) atoms. The van der Waals surface area contributed by atoms with Crippen LogP contribution >= 0.6 is 11.3 Å². The van der Waals surface area contributed by atoms with Crippen LogP contribution < -0.4 is 0 Å². The molecule has 0 aliphatic rings. The first-order chi connectivity index (χ1) is 12.7. The second-order valence-electron chi connectivity index (χ2n) is 5.81. The van der Waals surface area contributed by atoms with E-state index in [2.05, 4.69) is 4.98 Å². The lowest BCUT2D eigenvalue weighted by atomic mass is 10.4. The monoisotopic (exact) mass is 429 g/mol. The zero-order chi connectivity index (χ0) is 19.8. The SMILES string of the molecule is CCC(C)S(=O)(=O)c1oc(-c2cccs2)nc1S(=O)(=O)c1ccc(F)cc1. The Morgan fingerprint density at radius 3 is 2.37 bits per heavy atom. The van der Waals surface area contributed by atoms with Gasteiger partial charge in [-0.05, 0) is 49.1 Å². The number of sulfone groups is 2.